The molecule has 2 amide bonds. The first-order valence-electron chi connectivity index (χ1n) is 11.2. The fraction of sp³-hybridized carbons (Fsp3) is 0.333. The maximum atomic E-state index is 14.0. The number of aliphatic imine (C=N–C) groups is 1. The van der Waals surface area contributed by atoms with Crippen LogP contribution in [0.3, 0.4) is 0 Å². The van der Waals surface area contributed by atoms with Crippen LogP contribution in [-0.2, 0) is 26.4 Å². The number of carbonyl (C=O) groups excluding carboxylic acids is 3. The monoisotopic (exact) mass is 477 g/mol. The van der Waals surface area contributed by atoms with Crippen LogP contribution in [0.25, 0.3) is 0 Å². The second-order valence-electron chi connectivity index (χ2n) is 9.53. The Morgan fingerprint density at radius 2 is 1.80 bits per heavy atom. The Bertz CT molecular complexity index is 1170. The molecule has 184 valence electrons. The normalized spacial score (nSPS) is 18.8. The highest BCUT2D eigenvalue weighted by Crippen LogP contribution is 2.35. The van der Waals surface area contributed by atoms with Crippen LogP contribution in [0.4, 0.5) is 4.79 Å². The van der Waals surface area contributed by atoms with Gasteiger partial charge in [0.05, 0.1) is 19.2 Å². The second-order valence-corrected chi connectivity index (χ2v) is 9.53. The van der Waals surface area contributed by atoms with Gasteiger partial charge in [-0.2, -0.15) is 0 Å². The van der Waals surface area contributed by atoms with E-state index < -0.39 is 23.2 Å². The number of hydrogen-bond donors (Lipinski definition) is 1. The van der Waals surface area contributed by atoms with Crippen molar-refractivity contribution in [2.24, 2.45) is 4.99 Å². The molecule has 2 aromatic carbocycles. The van der Waals surface area contributed by atoms with Crippen LogP contribution in [0, 0.1) is 0 Å². The molecule has 1 aliphatic rings. The highest BCUT2D eigenvalue weighted by atomic mass is 16.6. The lowest BCUT2D eigenvalue weighted by Crippen LogP contribution is -2.44. The van der Waals surface area contributed by atoms with Crippen molar-refractivity contribution in [3.8, 4) is 0 Å². The summed E-state index contributed by atoms with van der Waals surface area (Å²) in [6, 6.07) is 16.0. The third-order valence-electron chi connectivity index (χ3n) is 5.30. The van der Waals surface area contributed by atoms with Crippen LogP contribution in [0.15, 0.2) is 71.7 Å². The lowest BCUT2D eigenvalue weighted by Gasteiger charge is -2.28. The topological polar surface area (TPSA) is 97.3 Å². The molecule has 1 unspecified atom stereocenters. The third-order valence-corrected chi connectivity index (χ3v) is 5.30. The van der Waals surface area contributed by atoms with Gasteiger partial charge in [0.25, 0.3) is 5.91 Å². The number of amides is 2. The molecule has 1 atom stereocenters. The maximum absolute atomic E-state index is 14.0. The molecule has 8 nitrogen and oxygen atoms in total. The summed E-state index contributed by atoms with van der Waals surface area (Å²) in [7, 11) is 1.31. The number of benzene rings is 2. The summed E-state index contributed by atoms with van der Waals surface area (Å²) in [6.45, 7) is 11.1. The molecule has 8 heteroatoms. The predicted molar refractivity (Wildman–Crippen MR) is 133 cm³/mol. The van der Waals surface area contributed by atoms with Crippen LogP contribution in [0.2, 0.25) is 0 Å². The zero-order valence-electron chi connectivity index (χ0n) is 20.8. The lowest BCUT2D eigenvalue weighted by atomic mass is 9.84. The van der Waals surface area contributed by atoms with Gasteiger partial charge in [-0.1, -0.05) is 48.0 Å². The van der Waals surface area contributed by atoms with E-state index in [0.29, 0.717) is 17.5 Å². The van der Waals surface area contributed by atoms with Crippen molar-refractivity contribution in [1.29, 1.82) is 0 Å². The van der Waals surface area contributed by atoms with Crippen LogP contribution in [0.1, 0.15) is 55.6 Å². The predicted octanol–water partition coefficient (Wildman–Crippen LogP) is 4.56. The molecular formula is C27H31N3O5. The average Bonchev–Trinajstić information content (AvgIpc) is 3.03. The minimum absolute atomic E-state index is 0.0674. The SMILES string of the molecule is C=C(C)CC1(c2ccccc2)N/C(=N\C(=O)OC(C)(C)C)N(Cc2cccc(C(=O)OC)c2)C1=O. The summed E-state index contributed by atoms with van der Waals surface area (Å²) in [6.07, 6.45) is -0.526. The minimum Gasteiger partial charge on any atom is -0.465 e. The molecule has 2 aromatic rings. The zero-order chi connectivity index (χ0) is 25.8. The summed E-state index contributed by atoms with van der Waals surface area (Å²) in [5.74, 6) is -0.711. The van der Waals surface area contributed by atoms with Crippen molar-refractivity contribution >= 4 is 23.9 Å². The van der Waals surface area contributed by atoms with Gasteiger partial charge in [-0.05, 0) is 51.0 Å². The Labute approximate surface area is 205 Å². The van der Waals surface area contributed by atoms with Crippen LogP contribution < -0.4 is 5.32 Å². The van der Waals surface area contributed by atoms with E-state index >= 15 is 0 Å². The van der Waals surface area contributed by atoms with E-state index in [0.717, 1.165) is 11.1 Å². The van der Waals surface area contributed by atoms with Crippen molar-refractivity contribution in [3.05, 3.63) is 83.4 Å². The Morgan fingerprint density at radius 3 is 2.40 bits per heavy atom. The lowest BCUT2D eigenvalue weighted by molar-refractivity contribution is -0.131. The van der Waals surface area contributed by atoms with Crippen molar-refractivity contribution in [2.45, 2.75) is 51.8 Å². The van der Waals surface area contributed by atoms with Crippen LogP contribution in [-0.4, -0.2) is 41.5 Å². The number of methoxy groups -OCH3 is 1. The van der Waals surface area contributed by atoms with Gasteiger partial charge in [-0.3, -0.25) is 9.69 Å². The Kier molecular flexibility index (Phi) is 7.43. The molecule has 0 spiro atoms. The Balaban J connectivity index is 2.09. The van der Waals surface area contributed by atoms with Crippen LogP contribution >= 0.6 is 0 Å². The van der Waals surface area contributed by atoms with Gasteiger partial charge in [-0.25, -0.2) is 9.59 Å². The number of hydrogen-bond acceptors (Lipinski definition) is 5. The molecule has 0 radical (unpaired) electrons. The van der Waals surface area contributed by atoms with Gasteiger partial charge in [0.15, 0.2) is 0 Å². The summed E-state index contributed by atoms with van der Waals surface area (Å²) >= 11 is 0. The van der Waals surface area contributed by atoms with Crippen molar-refractivity contribution in [3.63, 3.8) is 0 Å². The van der Waals surface area contributed by atoms with Gasteiger partial charge in [0.1, 0.15) is 11.1 Å². The van der Waals surface area contributed by atoms with Crippen LogP contribution in [0.5, 0.6) is 0 Å². The quantitative estimate of drug-likeness (QED) is 0.484. The average molecular weight is 478 g/mol. The number of esters is 1. The van der Waals surface area contributed by atoms with Gasteiger partial charge < -0.3 is 14.8 Å². The molecule has 1 N–H and O–H groups in total. The van der Waals surface area contributed by atoms with E-state index in [4.69, 9.17) is 9.47 Å². The fourth-order valence-corrected chi connectivity index (χ4v) is 3.93. The Morgan fingerprint density at radius 1 is 1.11 bits per heavy atom. The zero-order valence-corrected chi connectivity index (χ0v) is 20.8. The summed E-state index contributed by atoms with van der Waals surface area (Å²) in [5, 5.41) is 3.21. The van der Waals surface area contributed by atoms with E-state index in [2.05, 4.69) is 16.9 Å². The molecule has 35 heavy (non-hydrogen) atoms. The fourth-order valence-electron chi connectivity index (χ4n) is 3.93. The molecule has 1 fully saturated rings. The molecular weight excluding hydrogens is 446 g/mol. The van der Waals surface area contributed by atoms with Gasteiger partial charge >= 0.3 is 12.1 Å². The molecule has 3 rings (SSSR count). The largest absolute Gasteiger partial charge is 0.465 e. The number of nitrogens with one attached hydrogen (secondary N) is 1. The summed E-state index contributed by atoms with van der Waals surface area (Å²) in [5.41, 5.74) is 0.563. The van der Waals surface area contributed by atoms with Gasteiger partial charge in [0.2, 0.25) is 5.96 Å². The molecule has 0 saturated carbocycles. The number of guanidine groups is 1. The number of carbonyl (C=O) groups is 3. The molecule has 1 aliphatic heterocycles. The summed E-state index contributed by atoms with van der Waals surface area (Å²) < 4.78 is 10.2. The first-order valence-corrected chi connectivity index (χ1v) is 11.2. The smallest absolute Gasteiger partial charge is 0.437 e. The van der Waals surface area contributed by atoms with Crippen molar-refractivity contribution < 1.29 is 23.9 Å². The van der Waals surface area contributed by atoms with Crippen molar-refractivity contribution in [2.75, 3.05) is 7.11 Å². The second kappa shape index (κ2) is 10.1. The van der Waals surface area contributed by atoms with E-state index in [9.17, 15) is 14.4 Å². The molecule has 0 bridgehead atoms. The van der Waals surface area contributed by atoms with E-state index in [-0.39, 0.29) is 18.4 Å². The molecule has 1 saturated heterocycles. The summed E-state index contributed by atoms with van der Waals surface area (Å²) in [4.78, 5) is 44.2. The molecule has 0 aliphatic carbocycles. The number of nitrogens with zero attached hydrogens (tertiary/aromatic N) is 2. The number of ether oxygens (including phenoxy) is 2. The maximum Gasteiger partial charge on any atom is 0.437 e. The van der Waals surface area contributed by atoms with Crippen molar-refractivity contribution in [1.82, 2.24) is 10.2 Å². The minimum atomic E-state index is -1.20. The molecule has 0 aromatic heterocycles. The van der Waals surface area contributed by atoms with E-state index in [1.54, 1.807) is 45.0 Å². The highest BCUT2D eigenvalue weighted by Gasteiger charge is 2.51. The first kappa shape index (κ1) is 25.7. The van der Waals surface area contributed by atoms with E-state index in [1.165, 1.54) is 12.0 Å². The Hall–Kier alpha value is -3.94. The third kappa shape index (κ3) is 5.95. The standard InChI is InChI=1S/C27H31N3O5/c1-18(2)16-27(21-13-8-7-9-14-21)23(32)30(24(29-27)28-25(33)35-26(3,4)5)17-19-11-10-12-20(15-19)22(31)34-6/h7-15H,1,16-17H2,2-6H3,(H,28,29,33). The highest BCUT2D eigenvalue weighted by molar-refractivity contribution is 6.11. The van der Waals surface area contributed by atoms with Gasteiger partial charge in [-0.15, -0.1) is 11.6 Å². The van der Waals surface area contributed by atoms with E-state index in [1.807, 2.05) is 37.3 Å². The number of rotatable bonds is 6. The van der Waals surface area contributed by atoms with Gasteiger partial charge in [0, 0.05) is 6.42 Å². The first-order chi connectivity index (χ1) is 16.4. The molecule has 1 heterocycles.